The average Bonchev–Trinajstić information content (AvgIpc) is 2.96. The van der Waals surface area contributed by atoms with Crippen LogP contribution in [-0.2, 0) is 4.79 Å². The third-order valence-electron chi connectivity index (χ3n) is 3.81. The van der Waals surface area contributed by atoms with Crippen LogP contribution in [0, 0.1) is 6.92 Å². The summed E-state index contributed by atoms with van der Waals surface area (Å²) in [4.78, 5) is 13.0. The summed E-state index contributed by atoms with van der Waals surface area (Å²) in [6, 6.07) is 18.3. The van der Waals surface area contributed by atoms with Crippen molar-refractivity contribution in [2.24, 2.45) is 0 Å². The maximum Gasteiger partial charge on any atom is 0.388 e. The van der Waals surface area contributed by atoms with Crippen molar-refractivity contribution in [1.29, 1.82) is 0 Å². The summed E-state index contributed by atoms with van der Waals surface area (Å²) in [5.74, 6) is -1.32. The van der Waals surface area contributed by atoms with Gasteiger partial charge in [0.1, 0.15) is 5.69 Å². The number of aromatic nitrogens is 1. The molecule has 0 bridgehead atoms. The van der Waals surface area contributed by atoms with Crippen LogP contribution in [0.15, 0.2) is 65.2 Å². The van der Waals surface area contributed by atoms with E-state index in [0.717, 1.165) is 11.1 Å². The maximum absolute atomic E-state index is 13.0. The largest absolute Gasteiger partial charge is 0.412 e. The standard InChI is InChI=1S/C19H16F2N2O3/c1-12-16(18(23-26-12)25-19(20)21)22-17(24)15(13-8-4-2-5-9-13)14-10-6-3-7-11-14/h2-11,15,19H,1H3,(H,22,24). The van der Waals surface area contributed by atoms with Gasteiger partial charge in [-0.15, -0.1) is 0 Å². The molecule has 134 valence electrons. The van der Waals surface area contributed by atoms with E-state index in [2.05, 4.69) is 15.2 Å². The number of benzene rings is 2. The first-order valence-electron chi connectivity index (χ1n) is 7.88. The van der Waals surface area contributed by atoms with Crippen molar-refractivity contribution in [2.45, 2.75) is 19.5 Å². The molecule has 0 atom stereocenters. The van der Waals surface area contributed by atoms with E-state index < -0.39 is 24.3 Å². The Morgan fingerprint density at radius 1 is 1.04 bits per heavy atom. The molecule has 0 spiro atoms. The Bertz CT molecular complexity index is 828. The number of alkyl halides is 2. The number of nitrogens with zero attached hydrogens (tertiary/aromatic N) is 1. The van der Waals surface area contributed by atoms with E-state index >= 15 is 0 Å². The lowest BCUT2D eigenvalue weighted by atomic mass is 9.90. The Balaban J connectivity index is 1.94. The number of amides is 1. The van der Waals surface area contributed by atoms with Gasteiger partial charge in [0, 0.05) is 0 Å². The van der Waals surface area contributed by atoms with Crippen LogP contribution >= 0.6 is 0 Å². The lowest BCUT2D eigenvalue weighted by Crippen LogP contribution is -2.23. The van der Waals surface area contributed by atoms with Crippen molar-refractivity contribution in [2.75, 3.05) is 5.32 Å². The molecule has 7 heteroatoms. The minimum atomic E-state index is -3.07. The lowest BCUT2D eigenvalue weighted by Gasteiger charge is -2.18. The van der Waals surface area contributed by atoms with Crippen LogP contribution in [-0.4, -0.2) is 17.7 Å². The predicted octanol–water partition coefficient (Wildman–Crippen LogP) is 4.36. The first-order chi connectivity index (χ1) is 12.6. The second-order valence-electron chi connectivity index (χ2n) is 5.54. The third kappa shape index (κ3) is 3.88. The first-order valence-corrected chi connectivity index (χ1v) is 7.88. The number of aryl methyl sites for hydroxylation is 1. The number of rotatable bonds is 6. The van der Waals surface area contributed by atoms with Gasteiger partial charge < -0.3 is 14.6 Å². The highest BCUT2D eigenvalue weighted by molar-refractivity contribution is 5.99. The van der Waals surface area contributed by atoms with Crippen LogP contribution in [0.5, 0.6) is 5.88 Å². The zero-order chi connectivity index (χ0) is 18.5. The van der Waals surface area contributed by atoms with Gasteiger partial charge in [-0.1, -0.05) is 60.7 Å². The zero-order valence-corrected chi connectivity index (χ0v) is 13.9. The Labute approximate surface area is 148 Å². The molecule has 2 aromatic carbocycles. The van der Waals surface area contributed by atoms with Gasteiger partial charge in [-0.2, -0.15) is 8.78 Å². The summed E-state index contributed by atoms with van der Waals surface area (Å²) in [7, 11) is 0. The molecule has 0 aliphatic carbocycles. The number of hydrogen-bond acceptors (Lipinski definition) is 4. The fourth-order valence-corrected chi connectivity index (χ4v) is 2.64. The van der Waals surface area contributed by atoms with Gasteiger partial charge in [0.15, 0.2) is 5.76 Å². The highest BCUT2D eigenvalue weighted by Crippen LogP contribution is 2.32. The number of halogens is 2. The van der Waals surface area contributed by atoms with Gasteiger partial charge in [0.05, 0.1) is 5.92 Å². The quantitative estimate of drug-likeness (QED) is 0.711. The number of anilines is 1. The van der Waals surface area contributed by atoms with E-state index in [9.17, 15) is 13.6 Å². The van der Waals surface area contributed by atoms with Gasteiger partial charge in [-0.05, 0) is 23.2 Å². The smallest absolute Gasteiger partial charge is 0.388 e. The van der Waals surface area contributed by atoms with E-state index in [-0.39, 0.29) is 11.4 Å². The fraction of sp³-hybridized carbons (Fsp3) is 0.158. The van der Waals surface area contributed by atoms with E-state index in [1.807, 2.05) is 60.7 Å². The number of hydrogen-bond donors (Lipinski definition) is 1. The molecule has 1 heterocycles. The Hall–Kier alpha value is -3.22. The summed E-state index contributed by atoms with van der Waals surface area (Å²) in [5.41, 5.74) is 1.52. The molecule has 3 rings (SSSR count). The van der Waals surface area contributed by atoms with Crippen LogP contribution < -0.4 is 10.1 Å². The minimum absolute atomic E-state index is 0.00726. The van der Waals surface area contributed by atoms with Gasteiger partial charge in [0.25, 0.3) is 5.88 Å². The predicted molar refractivity (Wildman–Crippen MR) is 91.2 cm³/mol. The van der Waals surface area contributed by atoms with Crippen molar-refractivity contribution >= 4 is 11.6 Å². The first kappa shape index (κ1) is 17.6. The second kappa shape index (κ2) is 7.77. The van der Waals surface area contributed by atoms with E-state index in [1.54, 1.807) is 0 Å². The fourth-order valence-electron chi connectivity index (χ4n) is 2.64. The Morgan fingerprint density at radius 2 is 1.58 bits per heavy atom. The molecule has 0 radical (unpaired) electrons. The van der Waals surface area contributed by atoms with Gasteiger partial charge >= 0.3 is 6.61 Å². The number of ether oxygens (including phenoxy) is 1. The lowest BCUT2D eigenvalue weighted by molar-refractivity contribution is -0.116. The molecular weight excluding hydrogens is 342 g/mol. The van der Waals surface area contributed by atoms with Crippen molar-refractivity contribution in [1.82, 2.24) is 5.16 Å². The molecule has 3 aromatic rings. The maximum atomic E-state index is 13.0. The highest BCUT2D eigenvalue weighted by Gasteiger charge is 2.26. The molecule has 1 aromatic heterocycles. The van der Waals surface area contributed by atoms with Crippen molar-refractivity contribution in [3.63, 3.8) is 0 Å². The summed E-state index contributed by atoms with van der Waals surface area (Å²) < 4.78 is 34.2. The molecule has 1 N–H and O–H groups in total. The molecule has 26 heavy (non-hydrogen) atoms. The van der Waals surface area contributed by atoms with Crippen molar-refractivity contribution in [3.8, 4) is 5.88 Å². The second-order valence-corrected chi connectivity index (χ2v) is 5.54. The average molecular weight is 358 g/mol. The van der Waals surface area contributed by atoms with Crippen LogP contribution in [0.1, 0.15) is 22.8 Å². The van der Waals surface area contributed by atoms with E-state index in [0.29, 0.717) is 0 Å². The molecule has 5 nitrogen and oxygen atoms in total. The van der Waals surface area contributed by atoms with Crippen LogP contribution in [0.25, 0.3) is 0 Å². The highest BCUT2D eigenvalue weighted by atomic mass is 19.3. The molecule has 0 aliphatic heterocycles. The summed E-state index contributed by atoms with van der Waals surface area (Å²) in [6.45, 7) is -1.57. The zero-order valence-electron chi connectivity index (χ0n) is 13.9. The normalized spacial score (nSPS) is 11.0. The van der Waals surface area contributed by atoms with Gasteiger partial charge in [-0.3, -0.25) is 4.79 Å². The van der Waals surface area contributed by atoms with Crippen LogP contribution in [0.3, 0.4) is 0 Å². The minimum Gasteiger partial charge on any atom is -0.412 e. The number of nitrogens with one attached hydrogen (secondary N) is 1. The molecule has 0 aliphatic rings. The monoisotopic (exact) mass is 358 g/mol. The number of carbonyl (C=O) groups is 1. The topological polar surface area (TPSA) is 64.4 Å². The van der Waals surface area contributed by atoms with Gasteiger partial charge in [-0.25, -0.2) is 0 Å². The summed E-state index contributed by atoms with van der Waals surface area (Å²) >= 11 is 0. The van der Waals surface area contributed by atoms with Crippen molar-refractivity contribution < 1.29 is 22.8 Å². The molecule has 0 fully saturated rings. The van der Waals surface area contributed by atoms with E-state index in [1.165, 1.54) is 6.92 Å². The molecule has 0 saturated carbocycles. The van der Waals surface area contributed by atoms with E-state index in [4.69, 9.17) is 4.52 Å². The molecular formula is C19H16F2N2O3. The summed E-state index contributed by atoms with van der Waals surface area (Å²) in [5, 5.41) is 6.03. The molecule has 1 amide bonds. The van der Waals surface area contributed by atoms with Crippen molar-refractivity contribution in [3.05, 3.63) is 77.6 Å². The number of carbonyl (C=O) groups excluding carboxylic acids is 1. The van der Waals surface area contributed by atoms with Gasteiger partial charge in [0.2, 0.25) is 5.91 Å². The SMILES string of the molecule is Cc1onc(OC(F)F)c1NC(=O)C(c1ccccc1)c1ccccc1. The third-order valence-corrected chi connectivity index (χ3v) is 3.81. The molecule has 0 saturated heterocycles. The van der Waals surface area contributed by atoms with Crippen LogP contribution in [0.2, 0.25) is 0 Å². The molecule has 0 unspecified atom stereocenters. The summed E-state index contributed by atoms with van der Waals surface area (Å²) in [6.07, 6.45) is 0. The Kier molecular flexibility index (Phi) is 5.26. The van der Waals surface area contributed by atoms with Crippen LogP contribution in [0.4, 0.5) is 14.5 Å². The Morgan fingerprint density at radius 3 is 2.08 bits per heavy atom.